The first-order chi connectivity index (χ1) is 10.9. The first-order valence-corrected chi connectivity index (χ1v) is 11.4. The topological polar surface area (TPSA) is 94.2 Å². The van der Waals surface area contributed by atoms with E-state index in [-0.39, 0.29) is 29.4 Å². The lowest BCUT2D eigenvalue weighted by atomic mass is 10.1. The fraction of sp³-hybridized carbons (Fsp3) is 0.812. The van der Waals surface area contributed by atoms with E-state index in [1.54, 1.807) is 6.92 Å². The number of hydrogen-bond acceptors (Lipinski definition) is 5. The zero-order valence-electron chi connectivity index (χ0n) is 15.9. The molecule has 2 atom stereocenters. The van der Waals surface area contributed by atoms with Gasteiger partial charge in [0.2, 0.25) is 5.84 Å². The summed E-state index contributed by atoms with van der Waals surface area (Å²) >= 11 is 0. The molecule has 0 aromatic carbocycles. The van der Waals surface area contributed by atoms with Gasteiger partial charge in [-0.3, -0.25) is 4.79 Å². The molecule has 1 fully saturated rings. The van der Waals surface area contributed by atoms with Gasteiger partial charge in [-0.15, -0.1) is 5.10 Å². The quantitative estimate of drug-likeness (QED) is 0.352. The van der Waals surface area contributed by atoms with Crippen LogP contribution in [0.1, 0.15) is 47.5 Å². The van der Waals surface area contributed by atoms with Gasteiger partial charge in [0.25, 0.3) is 5.91 Å². The van der Waals surface area contributed by atoms with Gasteiger partial charge in [0.1, 0.15) is 6.10 Å². The highest BCUT2D eigenvalue weighted by molar-refractivity contribution is 6.74. The average Bonchev–Trinajstić information content (AvgIpc) is 2.74. The second-order valence-corrected chi connectivity index (χ2v) is 12.3. The summed E-state index contributed by atoms with van der Waals surface area (Å²) in [6.07, 6.45) is 0.735. The van der Waals surface area contributed by atoms with Crippen molar-refractivity contribution < 1.29 is 18.8 Å². The second kappa shape index (κ2) is 7.65. The van der Waals surface area contributed by atoms with Crippen molar-refractivity contribution in [1.82, 2.24) is 5.01 Å². The maximum absolute atomic E-state index is 12.7. The fourth-order valence-electron chi connectivity index (χ4n) is 2.24. The molecule has 1 heterocycles. The largest absolute Gasteiger partial charge is 0.460 e. The van der Waals surface area contributed by atoms with Crippen LogP contribution in [0.3, 0.4) is 0 Å². The van der Waals surface area contributed by atoms with Crippen LogP contribution in [0.2, 0.25) is 18.1 Å². The number of nitrogens with zero attached hydrogens (tertiary/aromatic N) is 2. The number of ether oxygens (including phenoxy) is 1. The number of rotatable bonds is 5. The molecular weight excluding hydrogens is 326 g/mol. The van der Waals surface area contributed by atoms with Crippen molar-refractivity contribution in [3.8, 4) is 0 Å². The zero-order valence-corrected chi connectivity index (χ0v) is 16.9. The number of hydrazone groups is 1. The van der Waals surface area contributed by atoms with Crippen molar-refractivity contribution in [2.75, 3.05) is 6.61 Å². The monoisotopic (exact) mass is 357 g/mol. The lowest BCUT2D eigenvalue weighted by Crippen LogP contribution is -2.46. The third kappa shape index (κ3) is 4.57. The van der Waals surface area contributed by atoms with Crippen LogP contribution < -0.4 is 5.73 Å². The molecule has 0 saturated carbocycles. The number of carbonyl (C=O) groups is 2. The number of amidine groups is 1. The van der Waals surface area contributed by atoms with Crippen molar-refractivity contribution >= 4 is 26.0 Å². The molecule has 0 aromatic rings. The van der Waals surface area contributed by atoms with Crippen molar-refractivity contribution in [2.24, 2.45) is 10.8 Å². The lowest BCUT2D eigenvalue weighted by Gasteiger charge is -2.37. The Labute approximate surface area is 145 Å². The molecule has 1 amide bonds. The normalized spacial score (nSPS) is 22.9. The minimum atomic E-state index is -2.08. The summed E-state index contributed by atoms with van der Waals surface area (Å²) in [4.78, 5) is 24.3. The van der Waals surface area contributed by atoms with Crippen LogP contribution in [0, 0.1) is 0 Å². The Kier molecular flexibility index (Phi) is 6.57. The summed E-state index contributed by atoms with van der Waals surface area (Å²) in [6.45, 7) is 14.5. The Balaban J connectivity index is 2.96. The molecule has 138 valence electrons. The molecule has 0 radical (unpaired) electrons. The van der Waals surface area contributed by atoms with E-state index < -0.39 is 20.4 Å². The Bertz CT molecular complexity index is 514. The number of carbonyl (C=O) groups excluding carboxylic acids is 2. The second-order valence-electron chi connectivity index (χ2n) is 7.55. The standard InChI is InChI=1S/C16H31N3O4Si/c1-8-11-10-12(23-24(6,7)16(3,4)5)14(20)19(11)18-13(17)15(21)22-9-2/h11-12H,8-10H2,1-7H3,(H2,17,18). The van der Waals surface area contributed by atoms with E-state index in [9.17, 15) is 9.59 Å². The van der Waals surface area contributed by atoms with E-state index in [0.29, 0.717) is 12.8 Å². The Hall–Kier alpha value is -1.41. The molecule has 1 saturated heterocycles. The average molecular weight is 358 g/mol. The molecule has 1 rings (SSSR count). The first kappa shape index (κ1) is 20.6. The molecule has 1 aliphatic heterocycles. The maximum Gasteiger partial charge on any atom is 0.375 e. The van der Waals surface area contributed by atoms with Crippen LogP contribution in [0.15, 0.2) is 5.10 Å². The SMILES string of the molecule is CCOC(=O)/C(N)=N/N1C(=O)C(O[Si](C)(C)C(C)(C)C)CC1CC. The number of hydrogen-bond donors (Lipinski definition) is 1. The summed E-state index contributed by atoms with van der Waals surface area (Å²) in [5, 5.41) is 5.31. The fourth-order valence-corrected chi connectivity index (χ4v) is 3.50. The van der Waals surface area contributed by atoms with Gasteiger partial charge in [-0.05, 0) is 31.5 Å². The van der Waals surface area contributed by atoms with Gasteiger partial charge in [-0.25, -0.2) is 9.80 Å². The third-order valence-electron chi connectivity index (χ3n) is 4.75. The number of esters is 1. The molecule has 1 aliphatic rings. The molecule has 7 nitrogen and oxygen atoms in total. The van der Waals surface area contributed by atoms with E-state index in [1.165, 1.54) is 5.01 Å². The Morgan fingerprint density at radius 2 is 1.96 bits per heavy atom. The van der Waals surface area contributed by atoms with Crippen LogP contribution >= 0.6 is 0 Å². The van der Waals surface area contributed by atoms with E-state index in [0.717, 1.165) is 0 Å². The van der Waals surface area contributed by atoms with Gasteiger partial charge in [-0.2, -0.15) is 0 Å². The van der Waals surface area contributed by atoms with Crippen LogP contribution in [0.4, 0.5) is 0 Å². The highest BCUT2D eigenvalue weighted by atomic mass is 28.4. The molecule has 0 bridgehead atoms. The van der Waals surface area contributed by atoms with Crippen LogP contribution in [0.25, 0.3) is 0 Å². The highest BCUT2D eigenvalue weighted by Crippen LogP contribution is 2.39. The van der Waals surface area contributed by atoms with Gasteiger partial charge >= 0.3 is 5.97 Å². The van der Waals surface area contributed by atoms with Gasteiger partial charge in [-0.1, -0.05) is 27.7 Å². The van der Waals surface area contributed by atoms with Crippen molar-refractivity contribution in [3.63, 3.8) is 0 Å². The molecular formula is C16H31N3O4Si. The Morgan fingerprint density at radius 1 is 1.38 bits per heavy atom. The molecule has 2 unspecified atom stereocenters. The van der Waals surface area contributed by atoms with Crippen molar-refractivity contribution in [3.05, 3.63) is 0 Å². The summed E-state index contributed by atoms with van der Waals surface area (Å²) in [6, 6.07) is -0.125. The van der Waals surface area contributed by atoms with Crippen molar-refractivity contribution in [1.29, 1.82) is 0 Å². The summed E-state index contributed by atoms with van der Waals surface area (Å²) in [7, 11) is -2.08. The van der Waals surface area contributed by atoms with Gasteiger partial charge in [0.15, 0.2) is 8.32 Å². The van der Waals surface area contributed by atoms with Gasteiger partial charge in [0.05, 0.1) is 12.6 Å². The van der Waals surface area contributed by atoms with E-state index in [2.05, 4.69) is 39.0 Å². The first-order valence-electron chi connectivity index (χ1n) is 8.46. The van der Waals surface area contributed by atoms with Gasteiger partial charge < -0.3 is 14.9 Å². The summed E-state index contributed by atoms with van der Waals surface area (Å²) in [5.41, 5.74) is 5.65. The minimum absolute atomic E-state index is 0.00956. The van der Waals surface area contributed by atoms with Crippen LogP contribution in [0.5, 0.6) is 0 Å². The van der Waals surface area contributed by atoms with E-state index in [1.807, 2.05) is 6.92 Å². The number of nitrogens with two attached hydrogens (primary N) is 1. The highest BCUT2D eigenvalue weighted by Gasteiger charge is 2.46. The maximum atomic E-state index is 12.7. The lowest BCUT2D eigenvalue weighted by molar-refractivity contribution is -0.135. The molecule has 24 heavy (non-hydrogen) atoms. The summed E-state index contributed by atoms with van der Waals surface area (Å²) in [5.74, 6) is -1.26. The van der Waals surface area contributed by atoms with Crippen LogP contribution in [-0.2, 0) is 18.8 Å². The molecule has 0 aromatic heterocycles. The van der Waals surface area contributed by atoms with Crippen LogP contribution in [-0.4, -0.2) is 49.8 Å². The minimum Gasteiger partial charge on any atom is -0.460 e. The smallest absolute Gasteiger partial charge is 0.375 e. The molecule has 0 spiro atoms. The predicted molar refractivity (Wildman–Crippen MR) is 95.9 cm³/mol. The summed E-state index contributed by atoms with van der Waals surface area (Å²) < 4.78 is 11.1. The molecule has 8 heteroatoms. The van der Waals surface area contributed by atoms with Crippen molar-refractivity contribution in [2.45, 2.75) is 77.7 Å². The zero-order chi connectivity index (χ0) is 18.7. The van der Waals surface area contributed by atoms with E-state index >= 15 is 0 Å². The van der Waals surface area contributed by atoms with E-state index in [4.69, 9.17) is 14.9 Å². The number of amides is 1. The molecule has 0 aliphatic carbocycles. The third-order valence-corrected chi connectivity index (χ3v) is 9.23. The Morgan fingerprint density at radius 3 is 2.42 bits per heavy atom. The molecule has 2 N–H and O–H groups in total. The predicted octanol–water partition coefficient (Wildman–Crippen LogP) is 2.22. The van der Waals surface area contributed by atoms with Gasteiger partial charge in [0, 0.05) is 6.42 Å².